The number of anilines is 1. The largest absolute Gasteiger partial charge is 0.388 e. The van der Waals surface area contributed by atoms with Crippen molar-refractivity contribution in [2.24, 2.45) is 5.92 Å². The molecule has 1 unspecified atom stereocenters. The predicted octanol–water partition coefficient (Wildman–Crippen LogP) is 1.42. The average molecular weight is 178 g/mol. The summed E-state index contributed by atoms with van der Waals surface area (Å²) in [6, 6.07) is 1.89. The van der Waals surface area contributed by atoms with Crippen LogP contribution < -0.4 is 5.73 Å². The van der Waals surface area contributed by atoms with Crippen molar-refractivity contribution >= 4 is 5.82 Å². The van der Waals surface area contributed by atoms with Gasteiger partial charge in [-0.3, -0.25) is 0 Å². The van der Waals surface area contributed by atoms with Crippen LogP contribution in [0.25, 0.3) is 0 Å². The van der Waals surface area contributed by atoms with Crippen LogP contribution >= 0.6 is 0 Å². The average Bonchev–Trinajstić information content (AvgIpc) is 2.85. The van der Waals surface area contributed by atoms with Crippen LogP contribution in [0.2, 0.25) is 0 Å². The third-order valence-electron chi connectivity index (χ3n) is 2.60. The second kappa shape index (κ2) is 3.00. The molecule has 13 heavy (non-hydrogen) atoms. The third kappa shape index (κ3) is 1.52. The Morgan fingerprint density at radius 2 is 2.31 bits per heavy atom. The Labute approximate surface area is 77.6 Å². The number of hydrogen-bond acceptors (Lipinski definition) is 3. The van der Waals surface area contributed by atoms with Crippen molar-refractivity contribution in [2.75, 3.05) is 5.73 Å². The summed E-state index contributed by atoms with van der Waals surface area (Å²) in [6.45, 7) is 1.96. The maximum absolute atomic E-state index is 9.90. The smallest absolute Gasteiger partial charge is 0.129 e. The van der Waals surface area contributed by atoms with Crippen molar-refractivity contribution in [2.45, 2.75) is 25.9 Å². The molecule has 70 valence electrons. The quantitative estimate of drug-likeness (QED) is 0.720. The number of nitrogen functional groups attached to an aromatic ring is 1. The van der Waals surface area contributed by atoms with Crippen molar-refractivity contribution < 1.29 is 5.11 Å². The van der Waals surface area contributed by atoms with Crippen molar-refractivity contribution in [1.82, 2.24) is 4.98 Å². The SMILES string of the molecule is Cc1ccnc(N)c1C(O)C1CC1. The first-order chi connectivity index (χ1) is 6.20. The molecule has 2 rings (SSSR count). The molecule has 1 fully saturated rings. The van der Waals surface area contributed by atoms with Crippen LogP contribution in [-0.4, -0.2) is 10.1 Å². The number of aliphatic hydroxyl groups excluding tert-OH is 1. The summed E-state index contributed by atoms with van der Waals surface area (Å²) in [5, 5.41) is 9.90. The van der Waals surface area contributed by atoms with E-state index in [2.05, 4.69) is 4.98 Å². The number of aromatic nitrogens is 1. The minimum absolute atomic E-state index is 0.408. The lowest BCUT2D eigenvalue weighted by molar-refractivity contribution is 0.153. The highest BCUT2D eigenvalue weighted by molar-refractivity contribution is 5.45. The fourth-order valence-electron chi connectivity index (χ4n) is 1.62. The second-order valence-corrected chi connectivity index (χ2v) is 3.71. The Kier molecular flexibility index (Phi) is 1.96. The Morgan fingerprint density at radius 3 is 2.85 bits per heavy atom. The Bertz CT molecular complexity index is 300. The minimum Gasteiger partial charge on any atom is -0.388 e. The monoisotopic (exact) mass is 178 g/mol. The van der Waals surface area contributed by atoms with Crippen LogP contribution in [0.3, 0.4) is 0 Å². The van der Waals surface area contributed by atoms with Crippen LogP contribution in [-0.2, 0) is 0 Å². The summed E-state index contributed by atoms with van der Waals surface area (Å²) < 4.78 is 0. The van der Waals surface area contributed by atoms with E-state index in [1.54, 1.807) is 6.20 Å². The number of aryl methyl sites for hydroxylation is 1. The van der Waals surface area contributed by atoms with E-state index < -0.39 is 6.10 Å². The lowest BCUT2D eigenvalue weighted by atomic mass is 10.0. The van der Waals surface area contributed by atoms with E-state index in [4.69, 9.17) is 5.73 Å². The molecule has 1 aromatic heterocycles. The fourth-order valence-corrected chi connectivity index (χ4v) is 1.62. The third-order valence-corrected chi connectivity index (χ3v) is 2.60. The molecule has 0 saturated heterocycles. The molecule has 1 aromatic rings. The highest BCUT2D eigenvalue weighted by Crippen LogP contribution is 2.42. The van der Waals surface area contributed by atoms with Crippen LogP contribution in [0.4, 0.5) is 5.82 Å². The number of rotatable bonds is 2. The summed E-state index contributed by atoms with van der Waals surface area (Å²) in [7, 11) is 0. The summed E-state index contributed by atoms with van der Waals surface area (Å²) in [6.07, 6.45) is 3.48. The first-order valence-corrected chi connectivity index (χ1v) is 4.59. The number of pyridine rings is 1. The van der Waals surface area contributed by atoms with Gasteiger partial charge in [0.15, 0.2) is 0 Å². The van der Waals surface area contributed by atoms with Gasteiger partial charge in [-0.25, -0.2) is 4.98 Å². The zero-order valence-corrected chi connectivity index (χ0v) is 7.70. The molecule has 0 aliphatic heterocycles. The maximum atomic E-state index is 9.90. The van der Waals surface area contributed by atoms with Gasteiger partial charge >= 0.3 is 0 Å². The van der Waals surface area contributed by atoms with E-state index >= 15 is 0 Å². The lowest BCUT2D eigenvalue weighted by Crippen LogP contribution is -2.07. The molecule has 1 heterocycles. The van der Waals surface area contributed by atoms with Crippen molar-refractivity contribution in [3.05, 3.63) is 23.4 Å². The van der Waals surface area contributed by atoms with E-state index in [1.807, 2.05) is 13.0 Å². The van der Waals surface area contributed by atoms with E-state index in [1.165, 1.54) is 0 Å². The molecule has 0 radical (unpaired) electrons. The normalized spacial score (nSPS) is 18.6. The molecule has 1 aliphatic carbocycles. The molecule has 0 aromatic carbocycles. The van der Waals surface area contributed by atoms with Gasteiger partial charge in [0.25, 0.3) is 0 Å². The lowest BCUT2D eigenvalue weighted by Gasteiger charge is -2.14. The Morgan fingerprint density at radius 1 is 1.62 bits per heavy atom. The van der Waals surface area contributed by atoms with Gasteiger partial charge in [0.2, 0.25) is 0 Å². The molecule has 1 aliphatic rings. The topological polar surface area (TPSA) is 59.1 Å². The highest BCUT2D eigenvalue weighted by atomic mass is 16.3. The molecular weight excluding hydrogens is 164 g/mol. The van der Waals surface area contributed by atoms with Gasteiger partial charge < -0.3 is 10.8 Å². The summed E-state index contributed by atoms with van der Waals surface area (Å²) in [4.78, 5) is 3.99. The summed E-state index contributed by atoms with van der Waals surface area (Å²) in [5.41, 5.74) is 7.58. The number of aliphatic hydroxyl groups is 1. The number of hydrogen-bond donors (Lipinski definition) is 2. The highest BCUT2D eigenvalue weighted by Gasteiger charge is 2.32. The molecule has 1 saturated carbocycles. The number of nitrogens with zero attached hydrogens (tertiary/aromatic N) is 1. The van der Waals surface area contributed by atoms with Gasteiger partial charge in [-0.1, -0.05) is 0 Å². The molecule has 3 nitrogen and oxygen atoms in total. The fraction of sp³-hybridized carbons (Fsp3) is 0.500. The zero-order valence-electron chi connectivity index (χ0n) is 7.70. The standard InChI is InChI=1S/C10H14N2O/c1-6-4-5-12-10(11)8(6)9(13)7-2-3-7/h4-5,7,9,13H,2-3H2,1H3,(H2,11,12). The van der Waals surface area contributed by atoms with Crippen LogP contribution in [0.5, 0.6) is 0 Å². The predicted molar refractivity (Wildman–Crippen MR) is 51.1 cm³/mol. The van der Waals surface area contributed by atoms with E-state index in [0.29, 0.717) is 11.7 Å². The molecule has 0 bridgehead atoms. The first-order valence-electron chi connectivity index (χ1n) is 4.59. The Balaban J connectivity index is 2.36. The molecule has 3 N–H and O–H groups in total. The van der Waals surface area contributed by atoms with Crippen LogP contribution in [0.15, 0.2) is 12.3 Å². The molecular formula is C10H14N2O. The summed E-state index contributed by atoms with van der Waals surface area (Å²) in [5.74, 6) is 0.879. The van der Waals surface area contributed by atoms with Gasteiger partial charge in [-0.15, -0.1) is 0 Å². The molecule has 0 amide bonds. The minimum atomic E-state index is -0.409. The van der Waals surface area contributed by atoms with Gasteiger partial charge in [-0.2, -0.15) is 0 Å². The van der Waals surface area contributed by atoms with E-state index in [0.717, 1.165) is 24.0 Å². The van der Waals surface area contributed by atoms with Gasteiger partial charge in [0.05, 0.1) is 6.10 Å². The maximum Gasteiger partial charge on any atom is 0.129 e. The van der Waals surface area contributed by atoms with Crippen molar-refractivity contribution in [3.8, 4) is 0 Å². The molecule has 0 spiro atoms. The zero-order chi connectivity index (χ0) is 9.42. The van der Waals surface area contributed by atoms with Crippen molar-refractivity contribution in [1.29, 1.82) is 0 Å². The first kappa shape index (κ1) is 8.51. The second-order valence-electron chi connectivity index (χ2n) is 3.71. The van der Waals surface area contributed by atoms with E-state index in [9.17, 15) is 5.11 Å². The summed E-state index contributed by atoms with van der Waals surface area (Å²) >= 11 is 0. The molecule has 1 atom stereocenters. The Hall–Kier alpha value is -1.09. The van der Waals surface area contributed by atoms with Crippen molar-refractivity contribution in [3.63, 3.8) is 0 Å². The van der Waals surface area contributed by atoms with Crippen LogP contribution in [0, 0.1) is 12.8 Å². The van der Waals surface area contributed by atoms with Gasteiger partial charge in [-0.05, 0) is 37.3 Å². The van der Waals surface area contributed by atoms with Crippen LogP contribution in [0.1, 0.15) is 30.1 Å². The van der Waals surface area contributed by atoms with Gasteiger partial charge in [0.1, 0.15) is 5.82 Å². The van der Waals surface area contributed by atoms with E-state index in [-0.39, 0.29) is 0 Å². The molecule has 3 heteroatoms. The number of nitrogens with two attached hydrogens (primary N) is 1. The van der Waals surface area contributed by atoms with Gasteiger partial charge in [0, 0.05) is 11.8 Å².